The van der Waals surface area contributed by atoms with Crippen LogP contribution in [0.15, 0.2) is 47.4 Å². The second-order valence-electron chi connectivity index (χ2n) is 7.07. The average Bonchev–Trinajstić information content (AvgIpc) is 2.68. The van der Waals surface area contributed by atoms with Crippen LogP contribution in [0.25, 0.3) is 0 Å². The van der Waals surface area contributed by atoms with Crippen molar-refractivity contribution < 1.29 is 17.9 Å². The van der Waals surface area contributed by atoms with Gasteiger partial charge in [-0.05, 0) is 37.1 Å². The Morgan fingerprint density at radius 2 is 1.62 bits per heavy atom. The first kappa shape index (κ1) is 22.7. The van der Waals surface area contributed by atoms with E-state index in [2.05, 4.69) is 18.7 Å². The molecular formula is C22H30N2O4S. The van der Waals surface area contributed by atoms with Crippen molar-refractivity contribution in [3.8, 4) is 11.5 Å². The Balaban J connectivity index is 2.71. The fourth-order valence-corrected chi connectivity index (χ4v) is 3.82. The third kappa shape index (κ3) is 6.22. The Kier molecular flexibility index (Phi) is 8.08. The third-order valence-corrected chi connectivity index (χ3v) is 5.69. The topological polar surface area (TPSA) is 89.7 Å². The molecule has 0 aromatic heterocycles. The predicted molar refractivity (Wildman–Crippen MR) is 117 cm³/mol. The summed E-state index contributed by atoms with van der Waals surface area (Å²) in [5.74, 6) is 0.0839. The lowest BCUT2D eigenvalue weighted by Gasteiger charge is -2.28. The summed E-state index contributed by atoms with van der Waals surface area (Å²) in [7, 11) is -3.67. The number of hydrogen-bond donors (Lipinski definition) is 1. The van der Waals surface area contributed by atoms with Gasteiger partial charge in [-0.3, -0.25) is 4.79 Å². The standard InChI is InChI=1S/C22H30N2O4S/c1-4-6-13-24(14-7-5-2)19-15-17(22(23)25)16-20(29(3,26)27)21(19)28-18-11-9-8-10-12-18/h8-12,15-16H,4-7,13-14H2,1-3H3,(H2,23,25). The molecule has 0 fully saturated rings. The van der Waals surface area contributed by atoms with Gasteiger partial charge in [0, 0.05) is 24.9 Å². The van der Waals surface area contributed by atoms with E-state index in [1.54, 1.807) is 18.2 Å². The van der Waals surface area contributed by atoms with Crippen LogP contribution in [0.3, 0.4) is 0 Å². The summed E-state index contributed by atoms with van der Waals surface area (Å²) in [4.78, 5) is 14.0. The molecular weight excluding hydrogens is 388 g/mol. The van der Waals surface area contributed by atoms with Gasteiger partial charge in [0.05, 0.1) is 5.69 Å². The van der Waals surface area contributed by atoms with Crippen LogP contribution >= 0.6 is 0 Å². The Morgan fingerprint density at radius 3 is 2.10 bits per heavy atom. The van der Waals surface area contributed by atoms with E-state index in [1.807, 2.05) is 18.2 Å². The highest BCUT2D eigenvalue weighted by atomic mass is 32.2. The highest BCUT2D eigenvalue weighted by Crippen LogP contribution is 2.40. The maximum Gasteiger partial charge on any atom is 0.248 e. The molecule has 7 heteroatoms. The van der Waals surface area contributed by atoms with E-state index in [4.69, 9.17) is 10.5 Å². The van der Waals surface area contributed by atoms with Gasteiger partial charge in [-0.25, -0.2) is 8.42 Å². The first-order valence-corrected chi connectivity index (χ1v) is 11.8. The lowest BCUT2D eigenvalue weighted by atomic mass is 10.1. The molecule has 29 heavy (non-hydrogen) atoms. The minimum atomic E-state index is -3.67. The lowest BCUT2D eigenvalue weighted by molar-refractivity contribution is 0.1000. The molecule has 0 aliphatic rings. The molecule has 1 amide bonds. The number of nitrogens with zero attached hydrogens (tertiary/aromatic N) is 1. The first-order chi connectivity index (χ1) is 13.8. The van der Waals surface area contributed by atoms with Crippen molar-refractivity contribution in [2.24, 2.45) is 5.73 Å². The minimum absolute atomic E-state index is 0.0364. The van der Waals surface area contributed by atoms with Crippen molar-refractivity contribution in [1.82, 2.24) is 0 Å². The van der Waals surface area contributed by atoms with Crippen molar-refractivity contribution in [1.29, 1.82) is 0 Å². The van der Waals surface area contributed by atoms with E-state index in [9.17, 15) is 13.2 Å². The Labute approximate surface area is 173 Å². The molecule has 2 rings (SSSR count). The summed E-state index contributed by atoms with van der Waals surface area (Å²) < 4.78 is 31.2. The zero-order valence-electron chi connectivity index (χ0n) is 17.3. The number of para-hydroxylation sites is 1. The average molecular weight is 419 g/mol. The summed E-state index contributed by atoms with van der Waals surface area (Å²) in [5, 5.41) is 0. The van der Waals surface area contributed by atoms with Crippen LogP contribution in [0.1, 0.15) is 49.9 Å². The molecule has 0 saturated heterocycles. The summed E-state index contributed by atoms with van der Waals surface area (Å²) >= 11 is 0. The van der Waals surface area contributed by atoms with Gasteiger partial charge in [0.15, 0.2) is 15.6 Å². The monoisotopic (exact) mass is 418 g/mol. The van der Waals surface area contributed by atoms with E-state index in [0.29, 0.717) is 11.4 Å². The molecule has 0 aliphatic heterocycles. The number of amides is 1. The van der Waals surface area contributed by atoms with Crippen LogP contribution in [-0.2, 0) is 9.84 Å². The van der Waals surface area contributed by atoms with E-state index < -0.39 is 15.7 Å². The summed E-state index contributed by atoms with van der Waals surface area (Å²) in [6.45, 7) is 5.66. The molecule has 0 atom stereocenters. The molecule has 0 bridgehead atoms. The van der Waals surface area contributed by atoms with Crippen molar-refractivity contribution in [2.75, 3.05) is 24.2 Å². The maximum atomic E-state index is 12.6. The van der Waals surface area contributed by atoms with Crippen LogP contribution in [0.4, 0.5) is 5.69 Å². The zero-order chi connectivity index (χ0) is 21.4. The number of benzene rings is 2. The van der Waals surface area contributed by atoms with E-state index in [1.165, 1.54) is 6.07 Å². The molecule has 0 unspecified atom stereocenters. The number of carbonyl (C=O) groups is 1. The normalized spacial score (nSPS) is 11.3. The molecule has 0 radical (unpaired) electrons. The first-order valence-electron chi connectivity index (χ1n) is 9.93. The number of ether oxygens (including phenoxy) is 1. The molecule has 158 valence electrons. The molecule has 2 N–H and O–H groups in total. The Morgan fingerprint density at radius 1 is 1.03 bits per heavy atom. The smallest absolute Gasteiger partial charge is 0.248 e. The second-order valence-corrected chi connectivity index (χ2v) is 9.05. The Hall–Kier alpha value is -2.54. The predicted octanol–water partition coefficient (Wildman–Crippen LogP) is 4.39. The van der Waals surface area contributed by atoms with Gasteiger partial charge in [-0.2, -0.15) is 0 Å². The number of anilines is 1. The number of primary amides is 1. The SMILES string of the molecule is CCCCN(CCCC)c1cc(C(N)=O)cc(S(C)(=O)=O)c1Oc1ccccc1. The van der Waals surface area contributed by atoms with Crippen LogP contribution in [-0.4, -0.2) is 33.7 Å². The van der Waals surface area contributed by atoms with Crippen molar-refractivity contribution in [3.05, 3.63) is 48.0 Å². The van der Waals surface area contributed by atoms with Crippen LogP contribution < -0.4 is 15.4 Å². The number of nitrogens with two attached hydrogens (primary N) is 1. The second kappa shape index (κ2) is 10.3. The van der Waals surface area contributed by atoms with Gasteiger partial charge in [-0.1, -0.05) is 44.9 Å². The molecule has 0 heterocycles. The third-order valence-electron chi connectivity index (χ3n) is 4.59. The zero-order valence-corrected chi connectivity index (χ0v) is 18.2. The van der Waals surface area contributed by atoms with Crippen molar-refractivity contribution in [2.45, 2.75) is 44.4 Å². The van der Waals surface area contributed by atoms with E-state index in [0.717, 1.165) is 45.0 Å². The number of carbonyl (C=O) groups excluding carboxylic acids is 1. The molecule has 2 aromatic carbocycles. The van der Waals surface area contributed by atoms with Gasteiger partial charge in [0.1, 0.15) is 10.6 Å². The fourth-order valence-electron chi connectivity index (χ4n) is 3.00. The lowest BCUT2D eigenvalue weighted by Crippen LogP contribution is -2.27. The van der Waals surface area contributed by atoms with Gasteiger partial charge in [-0.15, -0.1) is 0 Å². The van der Waals surface area contributed by atoms with Gasteiger partial charge < -0.3 is 15.4 Å². The molecule has 0 saturated carbocycles. The minimum Gasteiger partial charge on any atom is -0.454 e. The summed E-state index contributed by atoms with van der Waals surface area (Å²) in [6.07, 6.45) is 4.96. The number of hydrogen-bond acceptors (Lipinski definition) is 5. The summed E-state index contributed by atoms with van der Waals surface area (Å²) in [6, 6.07) is 12.0. The van der Waals surface area contributed by atoms with E-state index >= 15 is 0 Å². The highest BCUT2D eigenvalue weighted by molar-refractivity contribution is 7.90. The maximum absolute atomic E-state index is 12.6. The molecule has 6 nitrogen and oxygen atoms in total. The highest BCUT2D eigenvalue weighted by Gasteiger charge is 2.25. The van der Waals surface area contributed by atoms with Gasteiger partial charge in [0.2, 0.25) is 5.91 Å². The Bertz CT molecular complexity index is 919. The van der Waals surface area contributed by atoms with Crippen LogP contribution in [0.5, 0.6) is 11.5 Å². The summed E-state index contributed by atoms with van der Waals surface area (Å²) in [5.41, 5.74) is 6.23. The van der Waals surface area contributed by atoms with Crippen molar-refractivity contribution >= 4 is 21.4 Å². The molecule has 2 aromatic rings. The largest absolute Gasteiger partial charge is 0.454 e. The van der Waals surface area contributed by atoms with Crippen LogP contribution in [0, 0.1) is 0 Å². The molecule has 0 spiro atoms. The number of unbranched alkanes of at least 4 members (excludes halogenated alkanes) is 2. The van der Waals surface area contributed by atoms with Gasteiger partial charge in [0.25, 0.3) is 0 Å². The molecule has 0 aliphatic carbocycles. The number of sulfone groups is 1. The fraction of sp³-hybridized carbons (Fsp3) is 0.409. The number of rotatable bonds is 11. The van der Waals surface area contributed by atoms with Crippen molar-refractivity contribution in [3.63, 3.8) is 0 Å². The van der Waals surface area contributed by atoms with E-state index in [-0.39, 0.29) is 16.2 Å². The quantitative estimate of drug-likeness (QED) is 0.585. The van der Waals surface area contributed by atoms with Crippen LogP contribution in [0.2, 0.25) is 0 Å². The van der Waals surface area contributed by atoms with Gasteiger partial charge >= 0.3 is 0 Å².